The summed E-state index contributed by atoms with van der Waals surface area (Å²) in [4.78, 5) is 12.9. The maximum Gasteiger partial charge on any atom is 0.287 e. The van der Waals surface area contributed by atoms with E-state index >= 15 is 0 Å². The van der Waals surface area contributed by atoms with Crippen LogP contribution in [0.25, 0.3) is 11.0 Å². The molecule has 1 aliphatic carbocycles. The molecule has 3 aromatic rings. The Kier molecular flexibility index (Phi) is 5.55. The first-order chi connectivity index (χ1) is 13.6. The SMILES string of the molecule is NC1CCC(NC(=O)c2oc3ccccc3c2COc2ccccc2Cl)CC1. The van der Waals surface area contributed by atoms with Crippen LogP contribution in [0.5, 0.6) is 5.75 Å². The molecule has 0 aliphatic heterocycles. The van der Waals surface area contributed by atoms with Crippen LogP contribution < -0.4 is 15.8 Å². The van der Waals surface area contributed by atoms with Gasteiger partial charge in [-0.3, -0.25) is 4.79 Å². The molecule has 1 aromatic heterocycles. The molecule has 1 fully saturated rings. The molecule has 1 saturated carbocycles. The van der Waals surface area contributed by atoms with E-state index in [1.54, 1.807) is 12.1 Å². The summed E-state index contributed by atoms with van der Waals surface area (Å²) in [6, 6.07) is 15.2. The highest BCUT2D eigenvalue weighted by Crippen LogP contribution is 2.30. The highest BCUT2D eigenvalue weighted by atomic mass is 35.5. The second kappa shape index (κ2) is 8.25. The zero-order valence-electron chi connectivity index (χ0n) is 15.5. The fourth-order valence-electron chi connectivity index (χ4n) is 3.65. The van der Waals surface area contributed by atoms with Crippen molar-refractivity contribution in [2.75, 3.05) is 0 Å². The Labute approximate surface area is 168 Å². The van der Waals surface area contributed by atoms with Crippen molar-refractivity contribution in [2.45, 2.75) is 44.4 Å². The minimum Gasteiger partial charge on any atom is -0.487 e. The third-order valence-electron chi connectivity index (χ3n) is 5.22. The van der Waals surface area contributed by atoms with Crippen LogP contribution in [0.1, 0.15) is 41.8 Å². The smallest absolute Gasteiger partial charge is 0.287 e. The van der Waals surface area contributed by atoms with Gasteiger partial charge in [-0.05, 0) is 43.9 Å². The van der Waals surface area contributed by atoms with Crippen LogP contribution in [-0.4, -0.2) is 18.0 Å². The van der Waals surface area contributed by atoms with Gasteiger partial charge in [0.25, 0.3) is 5.91 Å². The first-order valence-electron chi connectivity index (χ1n) is 9.56. The number of halogens is 1. The Morgan fingerprint density at radius 2 is 1.82 bits per heavy atom. The van der Waals surface area contributed by atoms with E-state index < -0.39 is 0 Å². The first-order valence-corrected chi connectivity index (χ1v) is 9.94. The van der Waals surface area contributed by atoms with E-state index in [2.05, 4.69) is 5.32 Å². The Balaban J connectivity index is 1.58. The van der Waals surface area contributed by atoms with E-state index in [-0.39, 0.29) is 24.6 Å². The molecule has 1 aliphatic rings. The molecule has 1 amide bonds. The summed E-state index contributed by atoms with van der Waals surface area (Å²) in [5, 5.41) is 4.49. The van der Waals surface area contributed by atoms with Gasteiger partial charge in [0.05, 0.1) is 5.02 Å². The third-order valence-corrected chi connectivity index (χ3v) is 5.53. The van der Waals surface area contributed by atoms with Gasteiger partial charge >= 0.3 is 0 Å². The molecule has 6 heteroatoms. The molecule has 0 spiro atoms. The van der Waals surface area contributed by atoms with E-state index in [4.69, 9.17) is 26.5 Å². The molecule has 2 aromatic carbocycles. The van der Waals surface area contributed by atoms with Crippen molar-refractivity contribution in [2.24, 2.45) is 5.73 Å². The number of nitrogens with one attached hydrogen (secondary N) is 1. The number of para-hydroxylation sites is 2. The standard InChI is InChI=1S/C22H23ClN2O3/c23-18-6-2-4-8-20(18)27-13-17-16-5-1-3-7-19(16)28-21(17)22(26)25-15-11-9-14(24)10-12-15/h1-8,14-15H,9-13,24H2,(H,25,26). The van der Waals surface area contributed by atoms with Gasteiger partial charge in [-0.2, -0.15) is 0 Å². The molecule has 0 atom stereocenters. The van der Waals surface area contributed by atoms with Crippen LogP contribution in [0, 0.1) is 0 Å². The van der Waals surface area contributed by atoms with E-state index in [9.17, 15) is 4.79 Å². The van der Waals surface area contributed by atoms with Crippen LogP contribution in [0.15, 0.2) is 52.9 Å². The van der Waals surface area contributed by atoms with Crippen LogP contribution in [-0.2, 0) is 6.61 Å². The van der Waals surface area contributed by atoms with E-state index in [0.717, 1.165) is 36.6 Å². The fourth-order valence-corrected chi connectivity index (χ4v) is 3.84. The third kappa shape index (κ3) is 4.01. The van der Waals surface area contributed by atoms with Crippen molar-refractivity contribution in [1.82, 2.24) is 5.32 Å². The normalized spacial score (nSPS) is 19.5. The first kappa shape index (κ1) is 18.8. The van der Waals surface area contributed by atoms with Gasteiger partial charge in [0.2, 0.25) is 0 Å². The molecule has 0 saturated heterocycles. The predicted octanol–water partition coefficient (Wildman–Crippen LogP) is 4.66. The monoisotopic (exact) mass is 398 g/mol. The number of ether oxygens (including phenoxy) is 1. The number of carbonyl (C=O) groups is 1. The Morgan fingerprint density at radius 1 is 1.11 bits per heavy atom. The minimum absolute atomic E-state index is 0.123. The lowest BCUT2D eigenvalue weighted by atomic mass is 9.92. The number of carbonyl (C=O) groups excluding carboxylic acids is 1. The Morgan fingerprint density at radius 3 is 2.61 bits per heavy atom. The zero-order valence-corrected chi connectivity index (χ0v) is 16.2. The van der Waals surface area contributed by atoms with E-state index in [1.165, 1.54) is 0 Å². The molecule has 0 unspecified atom stereocenters. The number of furan rings is 1. The number of fused-ring (bicyclic) bond motifs is 1. The van der Waals surface area contributed by atoms with Gasteiger partial charge in [-0.1, -0.05) is 41.9 Å². The Hall–Kier alpha value is -2.50. The average Bonchev–Trinajstić information content (AvgIpc) is 3.08. The molecule has 1 heterocycles. The quantitative estimate of drug-likeness (QED) is 0.655. The van der Waals surface area contributed by atoms with Gasteiger partial charge in [-0.15, -0.1) is 0 Å². The van der Waals surface area contributed by atoms with Crippen LogP contribution >= 0.6 is 11.6 Å². The van der Waals surface area contributed by atoms with Crippen molar-refractivity contribution < 1.29 is 13.9 Å². The van der Waals surface area contributed by atoms with Crippen molar-refractivity contribution in [3.05, 3.63) is 64.9 Å². The maximum absolute atomic E-state index is 12.9. The summed E-state index contributed by atoms with van der Waals surface area (Å²) in [7, 11) is 0. The lowest BCUT2D eigenvalue weighted by Crippen LogP contribution is -2.40. The number of rotatable bonds is 5. The van der Waals surface area contributed by atoms with E-state index in [1.807, 2.05) is 36.4 Å². The highest BCUT2D eigenvalue weighted by molar-refractivity contribution is 6.32. The lowest BCUT2D eigenvalue weighted by molar-refractivity contribution is 0.0896. The second-order valence-corrected chi connectivity index (χ2v) is 7.62. The number of nitrogens with two attached hydrogens (primary N) is 1. The molecule has 5 nitrogen and oxygen atoms in total. The lowest BCUT2D eigenvalue weighted by Gasteiger charge is -2.26. The maximum atomic E-state index is 12.9. The minimum atomic E-state index is -0.213. The molecule has 0 radical (unpaired) electrons. The molecule has 0 bridgehead atoms. The summed E-state index contributed by atoms with van der Waals surface area (Å²) >= 11 is 6.19. The summed E-state index contributed by atoms with van der Waals surface area (Å²) in [6.45, 7) is 0.193. The summed E-state index contributed by atoms with van der Waals surface area (Å²) in [6.07, 6.45) is 3.62. The Bertz CT molecular complexity index is 977. The summed E-state index contributed by atoms with van der Waals surface area (Å²) in [5.74, 6) is 0.652. The number of hydrogen-bond acceptors (Lipinski definition) is 4. The van der Waals surface area contributed by atoms with Crippen molar-refractivity contribution in [3.63, 3.8) is 0 Å². The number of amides is 1. The van der Waals surface area contributed by atoms with E-state index in [0.29, 0.717) is 22.1 Å². The molecule has 3 N–H and O–H groups in total. The topological polar surface area (TPSA) is 77.5 Å². The summed E-state index contributed by atoms with van der Waals surface area (Å²) < 4.78 is 11.8. The number of hydrogen-bond donors (Lipinski definition) is 2. The van der Waals surface area contributed by atoms with Gasteiger partial charge in [-0.25, -0.2) is 0 Å². The zero-order chi connectivity index (χ0) is 19.5. The van der Waals surface area contributed by atoms with Crippen molar-refractivity contribution >= 4 is 28.5 Å². The molecule has 28 heavy (non-hydrogen) atoms. The van der Waals surface area contributed by atoms with Crippen molar-refractivity contribution in [3.8, 4) is 5.75 Å². The van der Waals surface area contributed by atoms with Crippen molar-refractivity contribution in [1.29, 1.82) is 0 Å². The molecule has 146 valence electrons. The molecular formula is C22H23ClN2O3. The van der Waals surface area contributed by atoms with Crippen LogP contribution in [0.4, 0.5) is 0 Å². The number of benzene rings is 2. The van der Waals surface area contributed by atoms with Crippen LogP contribution in [0.2, 0.25) is 5.02 Å². The van der Waals surface area contributed by atoms with Gasteiger partial charge in [0.15, 0.2) is 5.76 Å². The van der Waals surface area contributed by atoms with Crippen LogP contribution in [0.3, 0.4) is 0 Å². The fraction of sp³-hybridized carbons (Fsp3) is 0.318. The molecular weight excluding hydrogens is 376 g/mol. The average molecular weight is 399 g/mol. The van der Waals surface area contributed by atoms with Gasteiger partial charge in [0, 0.05) is 23.0 Å². The van der Waals surface area contributed by atoms with Gasteiger partial charge in [0.1, 0.15) is 17.9 Å². The summed E-state index contributed by atoms with van der Waals surface area (Å²) in [5.41, 5.74) is 7.35. The predicted molar refractivity (Wildman–Crippen MR) is 110 cm³/mol. The van der Waals surface area contributed by atoms with Gasteiger partial charge < -0.3 is 20.2 Å². The molecule has 4 rings (SSSR count). The largest absolute Gasteiger partial charge is 0.487 e. The second-order valence-electron chi connectivity index (χ2n) is 7.21. The highest BCUT2D eigenvalue weighted by Gasteiger charge is 2.25.